The summed E-state index contributed by atoms with van der Waals surface area (Å²) in [6.07, 6.45) is 0. The summed E-state index contributed by atoms with van der Waals surface area (Å²) in [5.41, 5.74) is 0. The first-order valence-corrected chi connectivity index (χ1v) is 5.95. The average molecular weight is 337 g/mol. The van der Waals surface area contributed by atoms with Crippen molar-refractivity contribution in [3.63, 3.8) is 0 Å². The van der Waals surface area contributed by atoms with Crippen molar-refractivity contribution in [1.29, 1.82) is 0 Å². The Morgan fingerprint density at radius 2 is 0.778 bits per heavy atom. The van der Waals surface area contributed by atoms with Crippen molar-refractivity contribution in [1.82, 2.24) is 9.80 Å². The molecule has 0 atom stereocenters. The van der Waals surface area contributed by atoms with Crippen molar-refractivity contribution >= 4 is 0 Å². The van der Waals surface area contributed by atoms with Crippen molar-refractivity contribution in [3.05, 3.63) is 10.6 Å². The van der Waals surface area contributed by atoms with Gasteiger partial charge < -0.3 is 20.4 Å². The number of rotatable bonds is 0. The van der Waals surface area contributed by atoms with Crippen LogP contribution in [0, 0.1) is 0 Å². The monoisotopic (exact) mass is 337 g/mol. The third-order valence-electron chi connectivity index (χ3n) is 1.73. The molecule has 0 saturated carbocycles. The fourth-order valence-electron chi connectivity index (χ4n) is 0.906. The quantitative estimate of drug-likeness (QED) is 0.681. The molecule has 0 aromatic heterocycles. The number of nitrogens with zero attached hydrogens (tertiary/aromatic N) is 4. The summed E-state index contributed by atoms with van der Waals surface area (Å²) in [5, 5.41) is 7.00. The molecule has 0 N–H and O–H groups in total. The number of piperazine rings is 1. The molecular weight excluding hydrogens is 301 g/mol. The Morgan fingerprint density at radius 1 is 0.667 bits per heavy atom. The molecule has 113 valence electrons. The smallest absolute Gasteiger partial charge is 0.0107 e. The van der Waals surface area contributed by atoms with Crippen LogP contribution in [-0.4, -0.2) is 78.3 Å². The predicted octanol–water partition coefficient (Wildman–Crippen LogP) is 2.76. The van der Waals surface area contributed by atoms with E-state index in [1.54, 1.807) is 28.2 Å². The second-order valence-corrected chi connectivity index (χ2v) is 3.50. The molecule has 1 heterocycles. The van der Waals surface area contributed by atoms with E-state index in [0.717, 1.165) is 0 Å². The Hall–Kier alpha value is 0.944. The molecule has 1 saturated heterocycles. The average Bonchev–Trinajstić information content (AvgIpc) is 2.28. The van der Waals surface area contributed by atoms with E-state index in [-0.39, 0.29) is 40.1 Å². The number of hydrogen-bond donors (Lipinski definition) is 0. The van der Waals surface area contributed by atoms with Crippen LogP contribution in [0.5, 0.6) is 0 Å². The first-order chi connectivity index (χ1) is 7.62. The first kappa shape index (κ1) is 31.4. The van der Waals surface area contributed by atoms with Crippen molar-refractivity contribution in [2.24, 2.45) is 0 Å². The van der Waals surface area contributed by atoms with Gasteiger partial charge in [0.2, 0.25) is 0 Å². The van der Waals surface area contributed by atoms with E-state index in [1.807, 2.05) is 13.8 Å². The zero-order valence-electron chi connectivity index (χ0n) is 13.2. The van der Waals surface area contributed by atoms with Gasteiger partial charge in [-0.2, -0.15) is 28.2 Å². The van der Waals surface area contributed by atoms with Gasteiger partial charge in [0.25, 0.3) is 0 Å². The molecule has 5 heteroatoms. The van der Waals surface area contributed by atoms with Gasteiger partial charge in [0, 0.05) is 58.9 Å². The maximum absolute atomic E-state index is 3.50. The number of hydrogen-bond acceptors (Lipinski definition) is 2. The minimum Gasteiger partial charge on any atom is -0.668 e. The summed E-state index contributed by atoms with van der Waals surface area (Å²) < 4.78 is 0. The van der Waals surface area contributed by atoms with Crippen molar-refractivity contribution in [2.75, 3.05) is 68.5 Å². The van der Waals surface area contributed by atoms with E-state index in [0.29, 0.717) is 0 Å². The molecule has 0 spiro atoms. The van der Waals surface area contributed by atoms with Crippen molar-refractivity contribution in [2.45, 2.75) is 21.3 Å². The van der Waals surface area contributed by atoms with E-state index in [4.69, 9.17) is 0 Å². The second-order valence-electron chi connectivity index (χ2n) is 3.50. The molecule has 1 radical (unpaired) electrons. The number of likely N-dealkylation sites (N-methyl/N-ethyl adjacent to an activating group) is 2. The van der Waals surface area contributed by atoms with E-state index < -0.39 is 0 Å². The van der Waals surface area contributed by atoms with Crippen LogP contribution < -0.4 is 0 Å². The minimum atomic E-state index is 0. The molecule has 0 aliphatic carbocycles. The fraction of sp³-hybridized carbons (Fsp3) is 1.00. The Morgan fingerprint density at radius 3 is 0.889 bits per heavy atom. The van der Waals surface area contributed by atoms with Crippen LogP contribution in [0.1, 0.15) is 21.3 Å². The zero-order chi connectivity index (χ0) is 13.4. The Labute approximate surface area is 142 Å². The summed E-state index contributed by atoms with van der Waals surface area (Å²) in [7, 11) is 11.3. The molecule has 0 aromatic rings. The van der Waals surface area contributed by atoms with Crippen molar-refractivity contribution < 1.29 is 32.7 Å². The Kier molecular flexibility index (Phi) is 53.6. The molecule has 0 unspecified atom stereocenters. The molecule has 0 bridgehead atoms. The van der Waals surface area contributed by atoms with Crippen molar-refractivity contribution in [3.8, 4) is 0 Å². The summed E-state index contributed by atoms with van der Waals surface area (Å²) >= 11 is 0. The normalized spacial score (nSPS) is 14.0. The molecule has 4 nitrogen and oxygen atoms in total. The van der Waals surface area contributed by atoms with Crippen LogP contribution in [0.2, 0.25) is 0 Å². The molecule has 1 rings (SSSR count). The van der Waals surface area contributed by atoms with E-state index in [9.17, 15) is 0 Å². The van der Waals surface area contributed by atoms with Crippen LogP contribution in [0.3, 0.4) is 0 Å². The Bertz CT molecular complexity index is 85.0. The summed E-state index contributed by atoms with van der Waals surface area (Å²) in [4.78, 5) is 4.72. The molecule has 0 amide bonds. The fourth-order valence-corrected chi connectivity index (χ4v) is 0.906. The van der Waals surface area contributed by atoms with E-state index in [1.165, 1.54) is 26.2 Å². The van der Waals surface area contributed by atoms with Gasteiger partial charge in [-0.25, -0.2) is 0 Å². The molecule has 1 aliphatic heterocycles. The van der Waals surface area contributed by atoms with Crippen LogP contribution in [0.4, 0.5) is 0 Å². The molecule has 1 aliphatic rings. The largest absolute Gasteiger partial charge is 0.668 e. The van der Waals surface area contributed by atoms with E-state index in [2.05, 4.69) is 34.5 Å². The third kappa shape index (κ3) is 36.0. The van der Waals surface area contributed by atoms with Gasteiger partial charge in [0.1, 0.15) is 0 Å². The SMILES string of the molecule is C.CC.CN1CCN(C)CC1.C[N-]C.C[N-]C.[Y]. The van der Waals surface area contributed by atoms with Gasteiger partial charge in [-0.15, -0.1) is 0 Å². The first-order valence-electron chi connectivity index (χ1n) is 5.95. The molecule has 0 aromatic carbocycles. The summed E-state index contributed by atoms with van der Waals surface area (Å²) in [5.74, 6) is 0. The predicted molar refractivity (Wildman–Crippen MR) is 83.5 cm³/mol. The Balaban J connectivity index is -0.0000000489. The maximum Gasteiger partial charge on any atom is 0.0107 e. The summed E-state index contributed by atoms with van der Waals surface area (Å²) in [6.45, 7) is 8.93. The van der Waals surface area contributed by atoms with Gasteiger partial charge in [0.15, 0.2) is 0 Å². The van der Waals surface area contributed by atoms with Gasteiger partial charge >= 0.3 is 0 Å². The van der Waals surface area contributed by atoms with Gasteiger partial charge in [-0.05, 0) is 14.1 Å². The molecular formula is C13H36N4Y-2. The van der Waals surface area contributed by atoms with Crippen LogP contribution in [-0.2, 0) is 32.7 Å². The van der Waals surface area contributed by atoms with Gasteiger partial charge in [-0.1, -0.05) is 21.3 Å². The van der Waals surface area contributed by atoms with Gasteiger partial charge in [0.05, 0.1) is 0 Å². The van der Waals surface area contributed by atoms with E-state index >= 15 is 0 Å². The van der Waals surface area contributed by atoms with Crippen LogP contribution in [0.25, 0.3) is 10.6 Å². The maximum atomic E-state index is 3.50. The molecule has 18 heavy (non-hydrogen) atoms. The standard InChI is InChI=1S/C6H14N2.2C2H6N.C2H6.CH4.Y/c1-7-3-5-8(2)6-4-7;2*1-3-2;1-2;;/h3-6H2,1-2H3;2*1-2H3;1-2H3;1H4;/q;2*-1;;;. The topological polar surface area (TPSA) is 34.7 Å². The van der Waals surface area contributed by atoms with Crippen LogP contribution in [0.15, 0.2) is 0 Å². The van der Waals surface area contributed by atoms with Crippen LogP contribution >= 0.6 is 0 Å². The minimum absolute atomic E-state index is 0. The zero-order valence-corrected chi connectivity index (χ0v) is 16.0. The third-order valence-corrected chi connectivity index (χ3v) is 1.73. The summed E-state index contributed by atoms with van der Waals surface area (Å²) in [6, 6.07) is 0. The van der Waals surface area contributed by atoms with Gasteiger partial charge in [-0.3, -0.25) is 0 Å². The second kappa shape index (κ2) is 30.7. The molecule has 1 fully saturated rings.